The maximum atomic E-state index is 12.6. The molecule has 0 aromatic heterocycles. The Morgan fingerprint density at radius 1 is 1.28 bits per heavy atom. The van der Waals surface area contributed by atoms with Gasteiger partial charge in [-0.25, -0.2) is 0 Å². The standard InChI is InChI=1S/C14H27N3O/c1-3-12-11-17(10-9-16(12)2)13(18)14(15)7-5-4-6-8-14/h12H,3-11,15H2,1-2H3. The molecule has 1 saturated heterocycles. The van der Waals surface area contributed by atoms with E-state index < -0.39 is 5.54 Å². The second-order valence-electron chi connectivity index (χ2n) is 6.01. The van der Waals surface area contributed by atoms with Gasteiger partial charge >= 0.3 is 0 Å². The Hall–Kier alpha value is -0.610. The van der Waals surface area contributed by atoms with Gasteiger partial charge in [0.15, 0.2) is 0 Å². The SMILES string of the molecule is CCC1CN(C(=O)C2(N)CCCCC2)CCN1C. The second kappa shape index (κ2) is 5.57. The highest BCUT2D eigenvalue weighted by atomic mass is 16.2. The molecule has 2 fully saturated rings. The van der Waals surface area contributed by atoms with Crippen molar-refractivity contribution in [3.8, 4) is 0 Å². The van der Waals surface area contributed by atoms with Gasteiger partial charge in [0.2, 0.25) is 5.91 Å². The van der Waals surface area contributed by atoms with Crippen LogP contribution in [-0.2, 0) is 4.79 Å². The van der Waals surface area contributed by atoms with Gasteiger partial charge in [-0.15, -0.1) is 0 Å². The van der Waals surface area contributed by atoms with Crippen LogP contribution in [0.15, 0.2) is 0 Å². The molecule has 1 saturated carbocycles. The number of carbonyl (C=O) groups excluding carboxylic acids is 1. The fourth-order valence-corrected chi connectivity index (χ4v) is 3.28. The Kier molecular flexibility index (Phi) is 4.28. The number of carbonyl (C=O) groups is 1. The van der Waals surface area contributed by atoms with Crippen LogP contribution in [0.2, 0.25) is 0 Å². The summed E-state index contributed by atoms with van der Waals surface area (Å²) in [6.45, 7) is 4.85. The van der Waals surface area contributed by atoms with Gasteiger partial charge in [0, 0.05) is 25.7 Å². The van der Waals surface area contributed by atoms with E-state index in [1.165, 1.54) is 6.42 Å². The van der Waals surface area contributed by atoms with Crippen molar-refractivity contribution >= 4 is 5.91 Å². The van der Waals surface area contributed by atoms with Crippen LogP contribution < -0.4 is 5.73 Å². The number of hydrogen-bond donors (Lipinski definition) is 1. The number of nitrogens with zero attached hydrogens (tertiary/aromatic N) is 2. The Balaban J connectivity index is 2.00. The summed E-state index contributed by atoms with van der Waals surface area (Å²) in [4.78, 5) is 17.0. The average molecular weight is 253 g/mol. The van der Waals surface area contributed by atoms with Crippen LogP contribution in [0.1, 0.15) is 45.4 Å². The summed E-state index contributed by atoms with van der Waals surface area (Å²) in [5, 5.41) is 0. The number of amides is 1. The van der Waals surface area contributed by atoms with E-state index in [-0.39, 0.29) is 5.91 Å². The molecule has 0 bridgehead atoms. The van der Waals surface area contributed by atoms with Crippen molar-refractivity contribution in [3.05, 3.63) is 0 Å². The number of hydrogen-bond acceptors (Lipinski definition) is 3. The van der Waals surface area contributed by atoms with E-state index >= 15 is 0 Å². The topological polar surface area (TPSA) is 49.6 Å². The number of piperazine rings is 1. The molecule has 1 aliphatic heterocycles. The van der Waals surface area contributed by atoms with Crippen molar-refractivity contribution in [1.82, 2.24) is 9.80 Å². The maximum Gasteiger partial charge on any atom is 0.242 e. The molecule has 18 heavy (non-hydrogen) atoms. The molecule has 1 heterocycles. The zero-order valence-electron chi connectivity index (χ0n) is 11.8. The van der Waals surface area contributed by atoms with Gasteiger partial charge in [-0.2, -0.15) is 0 Å². The molecule has 4 heteroatoms. The highest BCUT2D eigenvalue weighted by Gasteiger charge is 2.40. The summed E-state index contributed by atoms with van der Waals surface area (Å²) >= 11 is 0. The molecule has 2 aliphatic rings. The van der Waals surface area contributed by atoms with Crippen LogP contribution in [0.3, 0.4) is 0 Å². The van der Waals surface area contributed by atoms with E-state index in [1.807, 2.05) is 4.90 Å². The number of nitrogens with two attached hydrogens (primary N) is 1. The predicted molar refractivity (Wildman–Crippen MR) is 73.3 cm³/mol. The van der Waals surface area contributed by atoms with E-state index in [9.17, 15) is 4.79 Å². The molecule has 0 spiro atoms. The molecule has 1 amide bonds. The lowest BCUT2D eigenvalue weighted by atomic mass is 9.81. The quantitative estimate of drug-likeness (QED) is 0.804. The first-order chi connectivity index (χ1) is 8.57. The maximum absolute atomic E-state index is 12.6. The Morgan fingerprint density at radius 3 is 2.56 bits per heavy atom. The minimum atomic E-state index is -0.563. The molecule has 104 valence electrons. The zero-order valence-corrected chi connectivity index (χ0v) is 11.8. The fraction of sp³-hybridized carbons (Fsp3) is 0.929. The molecule has 0 aromatic rings. The van der Waals surface area contributed by atoms with E-state index in [2.05, 4.69) is 18.9 Å². The number of likely N-dealkylation sites (N-methyl/N-ethyl adjacent to an activating group) is 1. The average Bonchev–Trinajstić information content (AvgIpc) is 2.39. The zero-order chi connectivity index (χ0) is 13.2. The van der Waals surface area contributed by atoms with Crippen LogP contribution in [0.25, 0.3) is 0 Å². The Morgan fingerprint density at radius 2 is 1.94 bits per heavy atom. The molecule has 4 nitrogen and oxygen atoms in total. The third-order valence-corrected chi connectivity index (χ3v) is 4.71. The van der Waals surface area contributed by atoms with Crippen molar-refractivity contribution in [1.29, 1.82) is 0 Å². The predicted octanol–water partition coefficient (Wildman–Crippen LogP) is 1.20. The Labute approximate surface area is 110 Å². The summed E-state index contributed by atoms with van der Waals surface area (Å²) in [6.07, 6.45) is 6.27. The van der Waals surface area contributed by atoms with E-state index in [4.69, 9.17) is 5.73 Å². The van der Waals surface area contributed by atoms with Gasteiger partial charge in [-0.05, 0) is 26.3 Å². The molecule has 0 aromatic carbocycles. The molecule has 1 atom stereocenters. The summed E-state index contributed by atoms with van der Waals surface area (Å²) in [7, 11) is 2.15. The summed E-state index contributed by atoms with van der Waals surface area (Å²) in [5.41, 5.74) is 5.79. The van der Waals surface area contributed by atoms with E-state index in [1.54, 1.807) is 0 Å². The Bertz CT molecular complexity index is 299. The monoisotopic (exact) mass is 253 g/mol. The van der Waals surface area contributed by atoms with Gasteiger partial charge in [-0.1, -0.05) is 26.2 Å². The van der Waals surface area contributed by atoms with Gasteiger partial charge in [-0.3, -0.25) is 9.69 Å². The number of rotatable bonds is 2. The van der Waals surface area contributed by atoms with Crippen molar-refractivity contribution in [2.24, 2.45) is 5.73 Å². The minimum absolute atomic E-state index is 0.203. The van der Waals surface area contributed by atoms with Crippen molar-refractivity contribution in [2.45, 2.75) is 57.0 Å². The normalized spacial score (nSPS) is 29.3. The molecule has 1 unspecified atom stereocenters. The highest BCUT2D eigenvalue weighted by Crippen LogP contribution is 2.28. The lowest BCUT2D eigenvalue weighted by Gasteiger charge is -2.43. The molecule has 1 aliphatic carbocycles. The molecule has 2 N–H and O–H groups in total. The molecular formula is C14H27N3O. The summed E-state index contributed by atoms with van der Waals surface area (Å²) < 4.78 is 0. The van der Waals surface area contributed by atoms with Gasteiger partial charge < -0.3 is 10.6 Å². The minimum Gasteiger partial charge on any atom is -0.338 e. The summed E-state index contributed by atoms with van der Waals surface area (Å²) in [5.74, 6) is 0.203. The first kappa shape index (κ1) is 13.8. The van der Waals surface area contributed by atoms with Gasteiger partial charge in [0.25, 0.3) is 0 Å². The second-order valence-corrected chi connectivity index (χ2v) is 6.01. The van der Waals surface area contributed by atoms with Crippen LogP contribution >= 0.6 is 0 Å². The smallest absolute Gasteiger partial charge is 0.242 e. The largest absolute Gasteiger partial charge is 0.338 e. The van der Waals surface area contributed by atoms with Crippen LogP contribution in [0, 0.1) is 0 Å². The first-order valence-corrected chi connectivity index (χ1v) is 7.35. The van der Waals surface area contributed by atoms with Gasteiger partial charge in [0.05, 0.1) is 5.54 Å². The third kappa shape index (κ3) is 2.69. The third-order valence-electron chi connectivity index (χ3n) is 4.71. The van der Waals surface area contributed by atoms with Crippen LogP contribution in [0.4, 0.5) is 0 Å². The highest BCUT2D eigenvalue weighted by molar-refractivity contribution is 5.86. The van der Waals surface area contributed by atoms with Gasteiger partial charge in [0.1, 0.15) is 0 Å². The molecule has 2 rings (SSSR count). The molecular weight excluding hydrogens is 226 g/mol. The van der Waals surface area contributed by atoms with Crippen molar-refractivity contribution in [3.63, 3.8) is 0 Å². The fourth-order valence-electron chi connectivity index (χ4n) is 3.28. The van der Waals surface area contributed by atoms with E-state index in [0.717, 1.165) is 51.7 Å². The van der Waals surface area contributed by atoms with Crippen LogP contribution in [-0.4, -0.2) is 54.0 Å². The molecule has 0 radical (unpaired) electrons. The lowest BCUT2D eigenvalue weighted by molar-refractivity contribution is -0.141. The van der Waals surface area contributed by atoms with Crippen molar-refractivity contribution < 1.29 is 4.79 Å². The summed E-state index contributed by atoms with van der Waals surface area (Å²) in [6, 6.07) is 0.495. The van der Waals surface area contributed by atoms with Crippen molar-refractivity contribution in [2.75, 3.05) is 26.7 Å². The van der Waals surface area contributed by atoms with Crippen LogP contribution in [0.5, 0.6) is 0 Å². The lowest BCUT2D eigenvalue weighted by Crippen LogP contribution is -2.61. The van der Waals surface area contributed by atoms with E-state index in [0.29, 0.717) is 6.04 Å². The first-order valence-electron chi connectivity index (χ1n) is 7.35.